The van der Waals surface area contributed by atoms with Gasteiger partial charge in [-0.05, 0) is 6.07 Å². The maximum Gasteiger partial charge on any atom is 0.242 e. The predicted molar refractivity (Wildman–Crippen MR) is 57.1 cm³/mol. The Hall–Kier alpha value is -2.31. The number of aromatic nitrogens is 4. The molecule has 0 saturated heterocycles. The van der Waals surface area contributed by atoms with Gasteiger partial charge in [-0.2, -0.15) is 5.10 Å². The van der Waals surface area contributed by atoms with Gasteiger partial charge in [0.1, 0.15) is 12.4 Å². The summed E-state index contributed by atoms with van der Waals surface area (Å²) in [4.78, 5) is 18.2. The van der Waals surface area contributed by atoms with E-state index in [0.29, 0.717) is 12.4 Å². The van der Waals surface area contributed by atoms with Crippen molar-refractivity contribution in [2.75, 3.05) is 5.73 Å². The summed E-state index contributed by atoms with van der Waals surface area (Å²) in [5.41, 5.74) is 6.28. The minimum Gasteiger partial charge on any atom is -0.382 e. The predicted octanol–water partition coefficient (Wildman–Crippen LogP) is -0.495. The third-order valence-electron chi connectivity index (χ3n) is 2.00. The SMILES string of the molecule is Nc1ccn(CC(=O)NCc2cnc[nH]2)n1. The van der Waals surface area contributed by atoms with Gasteiger partial charge in [0, 0.05) is 12.4 Å². The second-order valence-corrected chi connectivity index (χ2v) is 3.29. The lowest BCUT2D eigenvalue weighted by Gasteiger charge is -2.03. The van der Waals surface area contributed by atoms with E-state index >= 15 is 0 Å². The lowest BCUT2D eigenvalue weighted by Crippen LogP contribution is -2.27. The number of hydrogen-bond donors (Lipinski definition) is 3. The summed E-state index contributed by atoms with van der Waals surface area (Å²) in [5.74, 6) is 0.277. The fourth-order valence-corrected chi connectivity index (χ4v) is 1.24. The van der Waals surface area contributed by atoms with Crippen LogP contribution in [-0.2, 0) is 17.9 Å². The molecule has 7 nitrogen and oxygen atoms in total. The Labute approximate surface area is 91.7 Å². The zero-order valence-corrected chi connectivity index (χ0v) is 8.55. The molecular weight excluding hydrogens is 208 g/mol. The van der Waals surface area contributed by atoms with Crippen molar-refractivity contribution < 1.29 is 4.79 Å². The average molecular weight is 220 g/mol. The molecule has 0 aromatic carbocycles. The number of imidazole rings is 1. The molecule has 1 amide bonds. The highest BCUT2D eigenvalue weighted by atomic mass is 16.2. The molecule has 0 spiro atoms. The van der Waals surface area contributed by atoms with Crippen LogP contribution in [-0.4, -0.2) is 25.7 Å². The summed E-state index contributed by atoms with van der Waals surface area (Å²) < 4.78 is 1.48. The molecular formula is C9H12N6O. The summed E-state index contributed by atoms with van der Waals surface area (Å²) in [6.07, 6.45) is 4.88. The molecule has 84 valence electrons. The van der Waals surface area contributed by atoms with Crippen molar-refractivity contribution in [3.8, 4) is 0 Å². The minimum atomic E-state index is -0.127. The third kappa shape index (κ3) is 2.59. The van der Waals surface area contributed by atoms with Crippen LogP contribution in [0, 0.1) is 0 Å². The number of nitrogens with one attached hydrogen (secondary N) is 2. The van der Waals surface area contributed by atoms with Crippen LogP contribution >= 0.6 is 0 Å². The third-order valence-corrected chi connectivity index (χ3v) is 2.00. The number of hydrogen-bond acceptors (Lipinski definition) is 4. The van der Waals surface area contributed by atoms with Crippen LogP contribution in [0.1, 0.15) is 5.69 Å². The highest BCUT2D eigenvalue weighted by molar-refractivity contribution is 5.75. The molecule has 4 N–H and O–H groups in total. The largest absolute Gasteiger partial charge is 0.382 e. The highest BCUT2D eigenvalue weighted by Gasteiger charge is 2.03. The van der Waals surface area contributed by atoms with E-state index in [0.717, 1.165) is 5.69 Å². The number of carbonyl (C=O) groups excluding carboxylic acids is 1. The van der Waals surface area contributed by atoms with Gasteiger partial charge in [0.25, 0.3) is 0 Å². The van der Waals surface area contributed by atoms with Crippen molar-refractivity contribution in [1.29, 1.82) is 0 Å². The van der Waals surface area contributed by atoms with Gasteiger partial charge >= 0.3 is 0 Å². The number of aromatic amines is 1. The first-order valence-electron chi connectivity index (χ1n) is 4.77. The van der Waals surface area contributed by atoms with Crippen molar-refractivity contribution in [3.05, 3.63) is 30.5 Å². The number of rotatable bonds is 4. The molecule has 0 unspecified atom stereocenters. The number of amides is 1. The van der Waals surface area contributed by atoms with Crippen LogP contribution in [0.2, 0.25) is 0 Å². The van der Waals surface area contributed by atoms with Crippen molar-refractivity contribution in [3.63, 3.8) is 0 Å². The lowest BCUT2D eigenvalue weighted by atomic mass is 10.4. The molecule has 0 fully saturated rings. The van der Waals surface area contributed by atoms with Gasteiger partial charge in [-0.15, -0.1) is 0 Å². The molecule has 0 aliphatic carbocycles. The van der Waals surface area contributed by atoms with E-state index in [4.69, 9.17) is 5.73 Å². The summed E-state index contributed by atoms with van der Waals surface area (Å²) in [5, 5.41) is 6.64. The molecule has 0 saturated carbocycles. The fraction of sp³-hybridized carbons (Fsp3) is 0.222. The molecule has 0 aliphatic heterocycles. The molecule has 0 bridgehead atoms. The molecule has 2 rings (SSSR count). The Bertz CT molecular complexity index is 460. The number of H-pyrrole nitrogens is 1. The van der Waals surface area contributed by atoms with Gasteiger partial charge in [-0.1, -0.05) is 0 Å². The van der Waals surface area contributed by atoms with Crippen LogP contribution in [0.3, 0.4) is 0 Å². The van der Waals surface area contributed by atoms with E-state index in [1.807, 2.05) is 0 Å². The standard InChI is InChI=1S/C9H12N6O/c10-8-1-2-15(14-8)5-9(16)12-4-7-3-11-6-13-7/h1-3,6H,4-5H2,(H2,10,14)(H,11,13)(H,12,16). The molecule has 0 aliphatic rings. The maximum atomic E-state index is 11.5. The molecule has 0 atom stereocenters. The summed E-state index contributed by atoms with van der Waals surface area (Å²) in [7, 11) is 0. The van der Waals surface area contributed by atoms with Crippen LogP contribution in [0.25, 0.3) is 0 Å². The van der Waals surface area contributed by atoms with Gasteiger partial charge in [0.2, 0.25) is 5.91 Å². The quantitative estimate of drug-likeness (QED) is 0.646. The van der Waals surface area contributed by atoms with Gasteiger partial charge < -0.3 is 16.0 Å². The van der Waals surface area contributed by atoms with E-state index in [2.05, 4.69) is 20.4 Å². The fourth-order valence-electron chi connectivity index (χ4n) is 1.24. The highest BCUT2D eigenvalue weighted by Crippen LogP contribution is 1.95. The van der Waals surface area contributed by atoms with E-state index in [-0.39, 0.29) is 12.5 Å². The van der Waals surface area contributed by atoms with E-state index in [1.54, 1.807) is 24.8 Å². The number of nitrogen functional groups attached to an aromatic ring is 1. The summed E-state index contributed by atoms with van der Waals surface area (Å²) in [6, 6.07) is 1.64. The first-order chi connectivity index (χ1) is 7.74. The molecule has 2 aromatic heterocycles. The Kier molecular flexibility index (Phi) is 2.86. The number of anilines is 1. The molecule has 2 aromatic rings. The van der Waals surface area contributed by atoms with Gasteiger partial charge in [0.15, 0.2) is 0 Å². The van der Waals surface area contributed by atoms with Crippen LogP contribution in [0.15, 0.2) is 24.8 Å². The first-order valence-corrected chi connectivity index (χ1v) is 4.77. The minimum absolute atomic E-state index is 0.127. The zero-order chi connectivity index (χ0) is 11.4. The van der Waals surface area contributed by atoms with Crippen LogP contribution in [0.4, 0.5) is 5.82 Å². The summed E-state index contributed by atoms with van der Waals surface area (Å²) in [6.45, 7) is 0.584. The van der Waals surface area contributed by atoms with Gasteiger partial charge in [0.05, 0.1) is 18.6 Å². The number of nitrogens with zero attached hydrogens (tertiary/aromatic N) is 3. The van der Waals surface area contributed by atoms with Crippen molar-refractivity contribution in [2.45, 2.75) is 13.1 Å². The number of carbonyl (C=O) groups is 1. The normalized spacial score (nSPS) is 10.2. The smallest absolute Gasteiger partial charge is 0.242 e. The Balaban J connectivity index is 1.81. The van der Waals surface area contributed by atoms with E-state index in [9.17, 15) is 4.79 Å². The first kappa shape index (κ1) is 10.2. The Morgan fingerprint density at radius 1 is 1.62 bits per heavy atom. The number of nitrogens with two attached hydrogens (primary N) is 1. The van der Waals surface area contributed by atoms with E-state index in [1.165, 1.54) is 4.68 Å². The van der Waals surface area contributed by atoms with Crippen molar-refractivity contribution in [2.24, 2.45) is 0 Å². The average Bonchev–Trinajstić information content (AvgIpc) is 2.87. The topological polar surface area (TPSA) is 102 Å². The Morgan fingerprint density at radius 2 is 2.50 bits per heavy atom. The van der Waals surface area contributed by atoms with Gasteiger partial charge in [-0.25, -0.2) is 4.98 Å². The van der Waals surface area contributed by atoms with Crippen molar-refractivity contribution >= 4 is 11.7 Å². The van der Waals surface area contributed by atoms with Crippen LogP contribution < -0.4 is 11.1 Å². The van der Waals surface area contributed by atoms with Crippen LogP contribution in [0.5, 0.6) is 0 Å². The zero-order valence-electron chi connectivity index (χ0n) is 8.55. The lowest BCUT2D eigenvalue weighted by molar-refractivity contribution is -0.122. The second kappa shape index (κ2) is 4.47. The monoisotopic (exact) mass is 220 g/mol. The summed E-state index contributed by atoms with van der Waals surface area (Å²) >= 11 is 0. The molecule has 7 heteroatoms. The maximum absolute atomic E-state index is 11.5. The molecule has 0 radical (unpaired) electrons. The molecule has 16 heavy (non-hydrogen) atoms. The second-order valence-electron chi connectivity index (χ2n) is 3.29. The molecule has 2 heterocycles. The van der Waals surface area contributed by atoms with Gasteiger partial charge in [-0.3, -0.25) is 9.48 Å². The van der Waals surface area contributed by atoms with Crippen molar-refractivity contribution in [1.82, 2.24) is 25.1 Å². The Morgan fingerprint density at radius 3 is 3.12 bits per heavy atom. The van der Waals surface area contributed by atoms with E-state index < -0.39 is 0 Å².